The molecule has 3 aliphatic carbocycles. The lowest BCUT2D eigenvalue weighted by atomic mass is 9.63. The standard InChI is InChI=1S/C26H34F5NO4/c1-15-18(11-19(33)12-22(15)34)7-6-17-5-4-10-24(3)20(8-9-21(17)24)16(2)36-13-23(35)32-14-25(27,28)26(29,30)31/h6-8,16,19,21-22,33-34H,1,4-5,9-14H2,2-3H3,(H,32,35)/b17-6+,18-7-/t16-,19+,21?,22-,24+/m0/s1. The molecule has 0 spiro atoms. The number of hydrogen-bond acceptors (Lipinski definition) is 4. The fraction of sp³-hybridized carbons (Fsp3) is 0.654. The van der Waals surface area contributed by atoms with Crippen molar-refractivity contribution in [3.05, 3.63) is 47.1 Å². The van der Waals surface area contributed by atoms with Gasteiger partial charge in [0, 0.05) is 6.42 Å². The van der Waals surface area contributed by atoms with Crippen LogP contribution in [0.1, 0.15) is 52.4 Å². The molecule has 202 valence electrons. The number of amides is 1. The first-order valence-corrected chi connectivity index (χ1v) is 12.1. The maximum atomic E-state index is 13.0. The summed E-state index contributed by atoms with van der Waals surface area (Å²) in [5.74, 6) is -5.86. The maximum Gasteiger partial charge on any atom is 0.455 e. The minimum atomic E-state index is -5.74. The Morgan fingerprint density at radius 1 is 1.31 bits per heavy atom. The van der Waals surface area contributed by atoms with E-state index in [4.69, 9.17) is 4.74 Å². The fourth-order valence-electron chi connectivity index (χ4n) is 5.60. The van der Waals surface area contributed by atoms with E-state index >= 15 is 0 Å². The van der Waals surface area contributed by atoms with Gasteiger partial charge in [-0.05, 0) is 67.1 Å². The van der Waals surface area contributed by atoms with Crippen molar-refractivity contribution >= 4 is 5.91 Å². The Morgan fingerprint density at radius 3 is 2.67 bits per heavy atom. The van der Waals surface area contributed by atoms with Crippen LogP contribution in [0.25, 0.3) is 0 Å². The summed E-state index contributed by atoms with van der Waals surface area (Å²) in [5.41, 5.74) is 3.40. The maximum absolute atomic E-state index is 13.0. The fourth-order valence-corrected chi connectivity index (χ4v) is 5.60. The third-order valence-corrected chi connectivity index (χ3v) is 7.70. The number of halogens is 5. The Balaban J connectivity index is 1.62. The molecule has 5 nitrogen and oxygen atoms in total. The van der Waals surface area contributed by atoms with Gasteiger partial charge in [-0.3, -0.25) is 4.79 Å². The van der Waals surface area contributed by atoms with Crippen LogP contribution in [-0.4, -0.2) is 59.7 Å². The van der Waals surface area contributed by atoms with Gasteiger partial charge >= 0.3 is 12.1 Å². The third-order valence-electron chi connectivity index (χ3n) is 7.70. The van der Waals surface area contributed by atoms with E-state index in [1.165, 1.54) is 5.57 Å². The van der Waals surface area contributed by atoms with E-state index in [1.54, 1.807) is 12.2 Å². The molecule has 3 rings (SSSR count). The monoisotopic (exact) mass is 519 g/mol. The summed E-state index contributed by atoms with van der Waals surface area (Å²) in [6.07, 6.45) is 2.58. The van der Waals surface area contributed by atoms with Gasteiger partial charge in [-0.25, -0.2) is 0 Å². The molecular formula is C26H34F5NO4. The molecule has 3 aliphatic rings. The number of fused-ring (bicyclic) bond motifs is 1. The number of nitrogens with one attached hydrogen (secondary N) is 1. The van der Waals surface area contributed by atoms with Crippen LogP contribution in [0.3, 0.4) is 0 Å². The lowest BCUT2D eigenvalue weighted by Gasteiger charge is -2.42. The predicted octanol–water partition coefficient (Wildman–Crippen LogP) is 4.77. The molecule has 0 aliphatic heterocycles. The van der Waals surface area contributed by atoms with E-state index < -0.39 is 49.5 Å². The minimum absolute atomic E-state index is 0.190. The highest BCUT2D eigenvalue weighted by atomic mass is 19.4. The zero-order valence-corrected chi connectivity index (χ0v) is 20.5. The normalized spacial score (nSPS) is 32.4. The van der Waals surface area contributed by atoms with Gasteiger partial charge in [0.05, 0.1) is 24.9 Å². The average Bonchev–Trinajstić information content (AvgIpc) is 3.14. The quantitative estimate of drug-likeness (QED) is 0.335. The van der Waals surface area contributed by atoms with Crippen molar-refractivity contribution in [2.45, 2.75) is 82.8 Å². The summed E-state index contributed by atoms with van der Waals surface area (Å²) in [5, 5.41) is 21.7. The van der Waals surface area contributed by atoms with Gasteiger partial charge in [0.15, 0.2) is 0 Å². The molecule has 10 heteroatoms. The summed E-state index contributed by atoms with van der Waals surface area (Å²) in [7, 11) is 0. The Kier molecular flexibility index (Phi) is 8.52. The number of carbonyl (C=O) groups is 1. The van der Waals surface area contributed by atoms with Crippen LogP contribution < -0.4 is 5.32 Å². The van der Waals surface area contributed by atoms with Crippen molar-refractivity contribution in [2.75, 3.05) is 13.2 Å². The Morgan fingerprint density at radius 2 is 2.00 bits per heavy atom. The topological polar surface area (TPSA) is 78.8 Å². The third kappa shape index (κ3) is 6.08. The van der Waals surface area contributed by atoms with E-state index in [2.05, 4.69) is 19.6 Å². The molecule has 0 bridgehead atoms. The van der Waals surface area contributed by atoms with Crippen LogP contribution in [0.4, 0.5) is 22.0 Å². The Labute approximate surface area is 207 Å². The van der Waals surface area contributed by atoms with Crippen molar-refractivity contribution in [2.24, 2.45) is 11.3 Å². The van der Waals surface area contributed by atoms with Gasteiger partial charge < -0.3 is 20.3 Å². The molecule has 36 heavy (non-hydrogen) atoms. The largest absolute Gasteiger partial charge is 0.455 e. The summed E-state index contributed by atoms with van der Waals surface area (Å²) in [6, 6.07) is 0. The van der Waals surface area contributed by atoms with Gasteiger partial charge in [-0.1, -0.05) is 37.3 Å². The minimum Gasteiger partial charge on any atom is -0.393 e. The molecule has 2 fully saturated rings. The molecule has 2 saturated carbocycles. The van der Waals surface area contributed by atoms with Crippen LogP contribution in [-0.2, 0) is 9.53 Å². The second kappa shape index (κ2) is 10.8. The summed E-state index contributed by atoms with van der Waals surface area (Å²) >= 11 is 0. The number of aliphatic hydroxyl groups excluding tert-OH is 2. The molecule has 0 aromatic carbocycles. The number of aliphatic hydroxyl groups is 2. The first-order chi connectivity index (χ1) is 16.7. The van der Waals surface area contributed by atoms with Crippen LogP contribution in [0.15, 0.2) is 47.1 Å². The van der Waals surface area contributed by atoms with E-state index in [0.29, 0.717) is 12.0 Å². The number of hydrogen-bond donors (Lipinski definition) is 3. The Hall–Kier alpha value is -2.04. The van der Waals surface area contributed by atoms with Crippen LogP contribution in [0.2, 0.25) is 0 Å². The highest BCUT2D eigenvalue weighted by Crippen LogP contribution is 2.55. The van der Waals surface area contributed by atoms with Crippen molar-refractivity contribution in [1.29, 1.82) is 0 Å². The molecule has 0 saturated heterocycles. The second-order valence-electron chi connectivity index (χ2n) is 10.2. The first-order valence-electron chi connectivity index (χ1n) is 12.1. The molecule has 1 unspecified atom stereocenters. The molecule has 0 heterocycles. The van der Waals surface area contributed by atoms with E-state index in [9.17, 15) is 37.0 Å². The summed E-state index contributed by atoms with van der Waals surface area (Å²) < 4.78 is 68.4. The van der Waals surface area contributed by atoms with Crippen molar-refractivity contribution in [1.82, 2.24) is 5.32 Å². The Bertz CT molecular complexity index is 954. The molecule has 0 radical (unpaired) electrons. The number of alkyl halides is 5. The predicted molar refractivity (Wildman–Crippen MR) is 124 cm³/mol. The summed E-state index contributed by atoms with van der Waals surface area (Å²) in [4.78, 5) is 11.8. The zero-order chi connectivity index (χ0) is 26.9. The SMILES string of the molecule is C=C1/C(=C\C=C2/CCC[C@]3(C)C([C@H](C)OCC(=O)NCC(F)(F)C(F)(F)F)=CCC23)C[C@@H](O)C[C@@H]1O. The number of rotatable bonds is 7. The van der Waals surface area contributed by atoms with Crippen LogP contribution >= 0.6 is 0 Å². The number of carbonyl (C=O) groups excluding carboxylic acids is 1. The average molecular weight is 520 g/mol. The second-order valence-corrected chi connectivity index (χ2v) is 10.2. The highest BCUT2D eigenvalue weighted by Gasteiger charge is 2.57. The molecular weight excluding hydrogens is 485 g/mol. The van der Waals surface area contributed by atoms with Gasteiger partial charge in [-0.15, -0.1) is 0 Å². The van der Waals surface area contributed by atoms with Crippen molar-refractivity contribution in [3.8, 4) is 0 Å². The van der Waals surface area contributed by atoms with E-state index in [0.717, 1.165) is 36.8 Å². The van der Waals surface area contributed by atoms with Gasteiger partial charge in [0.25, 0.3) is 0 Å². The lowest BCUT2D eigenvalue weighted by molar-refractivity contribution is -0.278. The van der Waals surface area contributed by atoms with Crippen molar-refractivity contribution < 1.29 is 41.7 Å². The molecule has 3 N–H and O–H groups in total. The zero-order valence-electron chi connectivity index (χ0n) is 20.5. The molecule has 0 aromatic rings. The number of ether oxygens (including phenoxy) is 1. The van der Waals surface area contributed by atoms with Gasteiger partial charge in [0.1, 0.15) is 6.61 Å². The van der Waals surface area contributed by atoms with Gasteiger partial charge in [-0.2, -0.15) is 22.0 Å². The van der Waals surface area contributed by atoms with E-state index in [-0.39, 0.29) is 17.8 Å². The first kappa shape index (κ1) is 28.5. The molecule has 5 atom stereocenters. The van der Waals surface area contributed by atoms with Crippen LogP contribution in [0.5, 0.6) is 0 Å². The van der Waals surface area contributed by atoms with Crippen molar-refractivity contribution in [3.63, 3.8) is 0 Å². The molecule has 0 aromatic heterocycles. The lowest BCUT2D eigenvalue weighted by Crippen LogP contribution is -2.47. The number of allylic oxidation sites excluding steroid dienone is 4. The van der Waals surface area contributed by atoms with Gasteiger partial charge in [0.2, 0.25) is 5.91 Å². The summed E-state index contributed by atoms with van der Waals surface area (Å²) in [6.45, 7) is 5.34. The van der Waals surface area contributed by atoms with Crippen LogP contribution in [0, 0.1) is 11.3 Å². The smallest absolute Gasteiger partial charge is 0.393 e. The van der Waals surface area contributed by atoms with E-state index in [1.807, 2.05) is 12.2 Å². The highest BCUT2D eigenvalue weighted by molar-refractivity contribution is 5.77. The molecule has 1 amide bonds.